The van der Waals surface area contributed by atoms with Crippen molar-refractivity contribution in [3.8, 4) is 0 Å². The van der Waals surface area contributed by atoms with Crippen LogP contribution in [0.5, 0.6) is 0 Å². The number of aromatic nitrogens is 1. The first kappa shape index (κ1) is 29.4. The van der Waals surface area contributed by atoms with Gasteiger partial charge in [-0.15, -0.1) is 0 Å². The van der Waals surface area contributed by atoms with E-state index >= 15 is 0 Å². The number of piperidine rings is 2. The fraction of sp³-hybridized carbons (Fsp3) is 0.606. The Morgan fingerprint density at radius 3 is 2.56 bits per heavy atom. The number of rotatable bonds is 9. The number of aldehydes is 1. The summed E-state index contributed by atoms with van der Waals surface area (Å²) < 4.78 is 0. The highest BCUT2D eigenvalue weighted by atomic mass is 16.2. The zero-order valence-electron chi connectivity index (χ0n) is 25.1. The van der Waals surface area contributed by atoms with Crippen LogP contribution in [0.3, 0.4) is 0 Å². The third kappa shape index (κ3) is 5.68. The number of para-hydroxylation sites is 1. The first-order valence-electron chi connectivity index (χ1n) is 15.9. The summed E-state index contributed by atoms with van der Waals surface area (Å²) in [7, 11) is 0. The fourth-order valence-corrected chi connectivity index (χ4v) is 8.04. The minimum Gasteiger partial charge on any atom is -0.356 e. The number of carbonyl (C=O) groups is 5. The van der Waals surface area contributed by atoms with Gasteiger partial charge in [-0.2, -0.15) is 0 Å². The summed E-state index contributed by atoms with van der Waals surface area (Å²) in [4.78, 5) is 70.9. The van der Waals surface area contributed by atoms with Gasteiger partial charge in [0.2, 0.25) is 17.7 Å². The average Bonchev–Trinajstić information content (AvgIpc) is 3.39. The minimum absolute atomic E-state index is 0.0178. The molecule has 3 heterocycles. The van der Waals surface area contributed by atoms with Crippen molar-refractivity contribution in [2.24, 2.45) is 29.1 Å². The first-order valence-corrected chi connectivity index (χ1v) is 15.9. The SMILES string of the molecule is CC1(C)[C@@H]2[C@@H](C(=O)N[C@H](C=O)C[C@@H]3CCCNC3=O)N(C(=O)C(NC(=O)c3cc4ccccc4[nH]3)C3CCCCC3)C[C@@H]21. The van der Waals surface area contributed by atoms with Crippen LogP contribution in [0.2, 0.25) is 0 Å². The largest absolute Gasteiger partial charge is 0.356 e. The van der Waals surface area contributed by atoms with E-state index in [1.54, 1.807) is 11.0 Å². The maximum Gasteiger partial charge on any atom is 0.268 e. The van der Waals surface area contributed by atoms with Crippen LogP contribution in [-0.4, -0.2) is 71.0 Å². The molecule has 2 aliphatic heterocycles. The molecule has 1 aromatic heterocycles. The van der Waals surface area contributed by atoms with Crippen molar-refractivity contribution < 1.29 is 24.0 Å². The third-order valence-electron chi connectivity index (χ3n) is 10.6. The molecule has 1 unspecified atom stereocenters. The fourth-order valence-electron chi connectivity index (χ4n) is 8.04. The summed E-state index contributed by atoms with van der Waals surface area (Å²) in [6.07, 6.45) is 7.22. The lowest BCUT2D eigenvalue weighted by Gasteiger charge is -2.37. The van der Waals surface area contributed by atoms with Crippen molar-refractivity contribution in [3.63, 3.8) is 0 Å². The molecule has 4 amide bonds. The third-order valence-corrected chi connectivity index (χ3v) is 10.6. The van der Waals surface area contributed by atoms with Crippen LogP contribution in [0.1, 0.15) is 75.7 Å². The van der Waals surface area contributed by atoms with Crippen molar-refractivity contribution in [3.05, 3.63) is 36.0 Å². The van der Waals surface area contributed by atoms with Crippen LogP contribution in [-0.2, 0) is 19.2 Å². The van der Waals surface area contributed by atoms with Gasteiger partial charge in [-0.05, 0) is 67.4 Å². The van der Waals surface area contributed by atoms with Crippen molar-refractivity contribution >= 4 is 40.8 Å². The monoisotopic (exact) mass is 589 g/mol. The number of fused-ring (bicyclic) bond motifs is 2. The summed E-state index contributed by atoms with van der Waals surface area (Å²) in [6, 6.07) is 7.16. The van der Waals surface area contributed by atoms with Crippen molar-refractivity contribution in [2.75, 3.05) is 13.1 Å². The molecule has 1 aromatic carbocycles. The second kappa shape index (κ2) is 11.8. The summed E-state index contributed by atoms with van der Waals surface area (Å²) >= 11 is 0. The molecule has 230 valence electrons. The molecule has 6 atom stereocenters. The Morgan fingerprint density at radius 1 is 1.07 bits per heavy atom. The molecule has 0 bridgehead atoms. The van der Waals surface area contributed by atoms with Gasteiger partial charge in [0.25, 0.3) is 5.91 Å². The van der Waals surface area contributed by atoms with Gasteiger partial charge in [-0.25, -0.2) is 0 Å². The van der Waals surface area contributed by atoms with Crippen LogP contribution in [0.15, 0.2) is 30.3 Å². The molecular weight excluding hydrogens is 546 g/mol. The maximum atomic E-state index is 14.4. The molecule has 4 N–H and O–H groups in total. The van der Waals surface area contributed by atoms with Gasteiger partial charge in [0.05, 0.1) is 6.04 Å². The molecule has 4 aliphatic rings. The maximum absolute atomic E-state index is 14.4. The van der Waals surface area contributed by atoms with E-state index in [4.69, 9.17) is 0 Å². The molecule has 0 spiro atoms. The zero-order valence-corrected chi connectivity index (χ0v) is 25.1. The van der Waals surface area contributed by atoms with E-state index in [9.17, 15) is 24.0 Å². The quantitative estimate of drug-likeness (QED) is 0.333. The van der Waals surface area contributed by atoms with E-state index < -0.39 is 18.1 Å². The summed E-state index contributed by atoms with van der Waals surface area (Å²) in [5.41, 5.74) is 1.14. The second-order valence-corrected chi connectivity index (χ2v) is 13.6. The van der Waals surface area contributed by atoms with Crippen LogP contribution < -0.4 is 16.0 Å². The molecule has 4 fully saturated rings. The number of hydrogen-bond donors (Lipinski definition) is 4. The second-order valence-electron chi connectivity index (χ2n) is 13.6. The number of likely N-dealkylation sites (tertiary alicyclic amines) is 1. The van der Waals surface area contributed by atoms with E-state index in [1.165, 1.54) is 0 Å². The van der Waals surface area contributed by atoms with Gasteiger partial charge in [-0.1, -0.05) is 51.3 Å². The molecular formula is C33H43N5O5. The Bertz CT molecular complexity index is 1380. The molecule has 10 nitrogen and oxygen atoms in total. The minimum atomic E-state index is -0.810. The lowest BCUT2D eigenvalue weighted by atomic mass is 9.83. The number of amides is 4. The number of nitrogens with zero attached hydrogens (tertiary/aromatic N) is 1. The number of carbonyl (C=O) groups excluding carboxylic acids is 5. The standard InChI is InChI=1S/C33H43N5O5/c1-33(2)23-17-38(28(26(23)33)31(42)35-22(18-39)15-21-12-8-14-34-29(21)40)32(43)27(19-9-4-3-5-10-19)37-30(41)25-16-20-11-6-7-13-24(20)36-25/h6-7,11,13,16,18-19,21-23,26-28,36H,3-5,8-10,12,14-15,17H2,1-2H3,(H,34,40)(H,35,42)(H,37,41)/t21-,22-,23-,26-,27?,28-/m0/s1. The predicted octanol–water partition coefficient (Wildman–Crippen LogP) is 2.93. The lowest BCUT2D eigenvalue weighted by Crippen LogP contribution is -2.59. The lowest BCUT2D eigenvalue weighted by molar-refractivity contribution is -0.143. The van der Waals surface area contributed by atoms with Gasteiger partial charge >= 0.3 is 0 Å². The van der Waals surface area contributed by atoms with Crippen molar-refractivity contribution in [1.29, 1.82) is 0 Å². The zero-order chi connectivity index (χ0) is 30.3. The Kier molecular flexibility index (Phi) is 8.04. The molecule has 6 rings (SSSR count). The molecule has 2 aromatic rings. The molecule has 43 heavy (non-hydrogen) atoms. The van der Waals surface area contributed by atoms with Gasteiger partial charge in [0.1, 0.15) is 24.1 Å². The smallest absolute Gasteiger partial charge is 0.268 e. The van der Waals surface area contributed by atoms with Gasteiger partial charge < -0.3 is 30.6 Å². The number of hydrogen-bond acceptors (Lipinski definition) is 5. The van der Waals surface area contributed by atoms with Crippen molar-refractivity contribution in [2.45, 2.75) is 83.3 Å². The molecule has 0 radical (unpaired) electrons. The molecule has 2 aliphatic carbocycles. The highest BCUT2D eigenvalue weighted by molar-refractivity contribution is 6.01. The Hall–Kier alpha value is -3.69. The highest BCUT2D eigenvalue weighted by Gasteiger charge is 2.69. The van der Waals surface area contributed by atoms with E-state index in [0.717, 1.165) is 49.4 Å². The van der Waals surface area contributed by atoms with Crippen LogP contribution in [0.25, 0.3) is 10.9 Å². The summed E-state index contributed by atoms with van der Waals surface area (Å²) in [6.45, 7) is 5.30. The van der Waals surface area contributed by atoms with Gasteiger partial charge in [0, 0.05) is 29.9 Å². The molecule has 10 heteroatoms. The van der Waals surface area contributed by atoms with Crippen LogP contribution in [0.4, 0.5) is 0 Å². The van der Waals surface area contributed by atoms with Gasteiger partial charge in [0.15, 0.2) is 0 Å². The number of aromatic amines is 1. The van der Waals surface area contributed by atoms with E-state index in [-0.39, 0.29) is 59.1 Å². The van der Waals surface area contributed by atoms with Crippen LogP contribution in [0, 0.1) is 29.1 Å². The summed E-state index contributed by atoms with van der Waals surface area (Å²) in [5, 5.41) is 9.71. The topological polar surface area (TPSA) is 140 Å². The van der Waals surface area contributed by atoms with Crippen LogP contribution >= 0.6 is 0 Å². The number of benzene rings is 1. The number of H-pyrrole nitrogens is 1. The molecule has 2 saturated carbocycles. The van der Waals surface area contributed by atoms with E-state index in [2.05, 4.69) is 34.8 Å². The predicted molar refractivity (Wildman–Crippen MR) is 161 cm³/mol. The number of nitrogens with one attached hydrogen (secondary N) is 4. The van der Waals surface area contributed by atoms with Crippen molar-refractivity contribution in [1.82, 2.24) is 25.8 Å². The normalized spacial score (nSPS) is 28.0. The van der Waals surface area contributed by atoms with E-state index in [0.29, 0.717) is 31.5 Å². The molecule has 2 saturated heterocycles. The first-order chi connectivity index (χ1) is 20.7. The summed E-state index contributed by atoms with van der Waals surface area (Å²) in [5.74, 6) is -1.22. The Morgan fingerprint density at radius 2 is 1.84 bits per heavy atom. The highest BCUT2D eigenvalue weighted by Crippen LogP contribution is 2.65. The van der Waals surface area contributed by atoms with E-state index in [1.807, 2.05) is 24.3 Å². The Labute approximate surface area is 252 Å². The van der Waals surface area contributed by atoms with Gasteiger partial charge in [-0.3, -0.25) is 19.2 Å². The average molecular weight is 590 g/mol. The Balaban J connectivity index is 1.22.